The number of anilines is 1. The molecule has 0 bridgehead atoms. The predicted octanol–water partition coefficient (Wildman–Crippen LogP) is 0.683. The Kier molecular flexibility index (Phi) is 5.86. The van der Waals surface area contributed by atoms with Crippen molar-refractivity contribution < 1.29 is 9.31 Å². The largest absolute Gasteiger partial charge is 0.498 e. The first-order valence-corrected chi connectivity index (χ1v) is 9.69. The molecule has 0 aliphatic carbocycles. The highest BCUT2D eigenvalue weighted by Gasteiger charge is 2.52. The highest BCUT2D eigenvalue weighted by atomic mass is 16.7. The van der Waals surface area contributed by atoms with Gasteiger partial charge in [0.2, 0.25) is 5.95 Å². The number of nitrogens with one attached hydrogen (secondary N) is 1. The van der Waals surface area contributed by atoms with E-state index in [-0.39, 0.29) is 11.2 Å². The third-order valence-corrected chi connectivity index (χ3v) is 5.77. The van der Waals surface area contributed by atoms with Gasteiger partial charge in [0.1, 0.15) is 0 Å². The van der Waals surface area contributed by atoms with Crippen LogP contribution in [0.15, 0.2) is 12.4 Å². The van der Waals surface area contributed by atoms with Crippen molar-refractivity contribution in [2.24, 2.45) is 5.73 Å². The van der Waals surface area contributed by atoms with Crippen LogP contribution in [0.1, 0.15) is 47.0 Å². The SMILES string of the molecule is CC1(C)OB(c2cnc(N3CCCCC3CNCCN)nc2)OC1(C)C. The van der Waals surface area contributed by atoms with Crippen LogP contribution in [0.2, 0.25) is 0 Å². The zero-order valence-corrected chi connectivity index (χ0v) is 16.5. The van der Waals surface area contributed by atoms with Gasteiger partial charge in [-0.25, -0.2) is 9.97 Å². The Morgan fingerprint density at radius 2 is 1.85 bits per heavy atom. The molecule has 7 nitrogen and oxygen atoms in total. The predicted molar refractivity (Wildman–Crippen MR) is 105 cm³/mol. The molecule has 3 rings (SSSR count). The molecule has 1 aromatic heterocycles. The normalized spacial score (nSPS) is 24.9. The Morgan fingerprint density at radius 1 is 1.19 bits per heavy atom. The second-order valence-corrected chi connectivity index (χ2v) is 8.24. The number of aromatic nitrogens is 2. The summed E-state index contributed by atoms with van der Waals surface area (Å²) in [5, 5.41) is 3.42. The standard InChI is InChI=1S/C18H32BN5O2/c1-17(2)18(3,4)26-19(25-17)14-11-22-16(23-12-14)24-10-6-5-7-15(24)13-21-9-8-20/h11-12,15,21H,5-10,13,20H2,1-4H3. The summed E-state index contributed by atoms with van der Waals surface area (Å²) >= 11 is 0. The van der Waals surface area contributed by atoms with Crippen molar-refractivity contribution in [1.29, 1.82) is 0 Å². The van der Waals surface area contributed by atoms with Gasteiger partial charge < -0.3 is 25.3 Å². The highest BCUT2D eigenvalue weighted by Crippen LogP contribution is 2.36. The first kappa shape index (κ1) is 19.5. The number of rotatable bonds is 6. The summed E-state index contributed by atoms with van der Waals surface area (Å²) in [7, 11) is -0.419. The van der Waals surface area contributed by atoms with Crippen LogP contribution in [0, 0.1) is 0 Å². The summed E-state index contributed by atoms with van der Waals surface area (Å²) in [5.41, 5.74) is 5.73. The van der Waals surface area contributed by atoms with E-state index in [0.717, 1.165) is 37.5 Å². The molecule has 2 saturated heterocycles. The minimum absolute atomic E-state index is 0.358. The monoisotopic (exact) mass is 361 g/mol. The molecule has 0 saturated carbocycles. The average molecular weight is 361 g/mol. The van der Waals surface area contributed by atoms with Gasteiger partial charge in [0.15, 0.2) is 0 Å². The van der Waals surface area contributed by atoms with E-state index in [4.69, 9.17) is 15.0 Å². The molecule has 1 aromatic rings. The van der Waals surface area contributed by atoms with Crippen LogP contribution in [0.5, 0.6) is 0 Å². The molecule has 144 valence electrons. The molecular formula is C18H32BN5O2. The molecule has 3 heterocycles. The van der Waals surface area contributed by atoms with Gasteiger partial charge >= 0.3 is 7.12 Å². The minimum Gasteiger partial charge on any atom is -0.399 e. The molecule has 0 spiro atoms. The van der Waals surface area contributed by atoms with Crippen molar-refractivity contribution in [2.45, 2.75) is 64.2 Å². The molecule has 8 heteroatoms. The van der Waals surface area contributed by atoms with Crippen molar-refractivity contribution in [2.75, 3.05) is 31.1 Å². The van der Waals surface area contributed by atoms with Crippen molar-refractivity contribution in [3.63, 3.8) is 0 Å². The quantitative estimate of drug-likeness (QED) is 0.569. The third-order valence-electron chi connectivity index (χ3n) is 5.77. The van der Waals surface area contributed by atoms with Gasteiger partial charge in [-0.1, -0.05) is 0 Å². The zero-order chi connectivity index (χ0) is 18.8. The van der Waals surface area contributed by atoms with Crippen molar-refractivity contribution in [1.82, 2.24) is 15.3 Å². The number of nitrogens with two attached hydrogens (primary N) is 1. The topological polar surface area (TPSA) is 85.5 Å². The van der Waals surface area contributed by atoms with Crippen LogP contribution in [-0.2, 0) is 9.31 Å². The molecule has 1 atom stereocenters. The molecule has 0 amide bonds. The maximum absolute atomic E-state index is 6.08. The highest BCUT2D eigenvalue weighted by molar-refractivity contribution is 6.61. The molecule has 2 aliphatic heterocycles. The number of hydrogen-bond acceptors (Lipinski definition) is 7. The second kappa shape index (κ2) is 7.80. The van der Waals surface area contributed by atoms with Gasteiger partial charge in [-0.3, -0.25) is 0 Å². The molecule has 26 heavy (non-hydrogen) atoms. The fraction of sp³-hybridized carbons (Fsp3) is 0.778. The van der Waals surface area contributed by atoms with Gasteiger partial charge in [0.05, 0.1) is 11.2 Å². The van der Waals surface area contributed by atoms with E-state index in [1.165, 1.54) is 12.8 Å². The van der Waals surface area contributed by atoms with Gasteiger partial charge in [0, 0.05) is 50.1 Å². The Morgan fingerprint density at radius 3 is 2.46 bits per heavy atom. The minimum atomic E-state index is -0.419. The van der Waals surface area contributed by atoms with Gasteiger partial charge in [-0.15, -0.1) is 0 Å². The van der Waals surface area contributed by atoms with E-state index in [9.17, 15) is 0 Å². The lowest BCUT2D eigenvalue weighted by Crippen LogP contribution is -2.47. The fourth-order valence-corrected chi connectivity index (χ4v) is 3.43. The van der Waals surface area contributed by atoms with E-state index in [1.54, 1.807) is 0 Å². The second-order valence-electron chi connectivity index (χ2n) is 8.24. The first-order valence-electron chi connectivity index (χ1n) is 9.69. The Hall–Kier alpha value is -1.22. The lowest BCUT2D eigenvalue weighted by atomic mass is 9.81. The summed E-state index contributed by atoms with van der Waals surface area (Å²) in [6.45, 7) is 11.6. The fourth-order valence-electron chi connectivity index (χ4n) is 3.43. The molecule has 1 unspecified atom stereocenters. The Balaban J connectivity index is 1.68. The van der Waals surface area contributed by atoms with E-state index >= 15 is 0 Å². The summed E-state index contributed by atoms with van der Waals surface area (Å²) < 4.78 is 12.2. The van der Waals surface area contributed by atoms with Crippen LogP contribution in [-0.4, -0.2) is 60.5 Å². The number of hydrogen-bond donors (Lipinski definition) is 2. The van der Waals surface area contributed by atoms with Gasteiger partial charge in [0.25, 0.3) is 0 Å². The summed E-state index contributed by atoms with van der Waals surface area (Å²) in [4.78, 5) is 11.6. The Labute approximate surface area is 157 Å². The maximum atomic E-state index is 6.08. The van der Waals surface area contributed by atoms with Crippen LogP contribution >= 0.6 is 0 Å². The molecule has 2 fully saturated rings. The van der Waals surface area contributed by atoms with Gasteiger partial charge in [-0.05, 0) is 47.0 Å². The summed E-state index contributed by atoms with van der Waals surface area (Å²) in [6.07, 6.45) is 7.25. The average Bonchev–Trinajstić information content (AvgIpc) is 2.83. The maximum Gasteiger partial charge on any atom is 0.498 e. The van der Waals surface area contributed by atoms with Crippen LogP contribution < -0.4 is 21.4 Å². The van der Waals surface area contributed by atoms with Crippen LogP contribution in [0.4, 0.5) is 5.95 Å². The zero-order valence-electron chi connectivity index (χ0n) is 16.5. The lowest BCUT2D eigenvalue weighted by molar-refractivity contribution is 0.00578. The van der Waals surface area contributed by atoms with Crippen LogP contribution in [0.3, 0.4) is 0 Å². The summed E-state index contributed by atoms with van der Waals surface area (Å²) in [6, 6.07) is 0.415. The molecule has 0 aromatic carbocycles. The molecule has 0 radical (unpaired) electrons. The third kappa shape index (κ3) is 4.03. The number of piperidine rings is 1. The van der Waals surface area contributed by atoms with E-state index in [2.05, 4.69) is 47.9 Å². The van der Waals surface area contributed by atoms with Crippen molar-refractivity contribution in [3.05, 3.63) is 12.4 Å². The van der Waals surface area contributed by atoms with E-state index in [1.807, 2.05) is 12.4 Å². The van der Waals surface area contributed by atoms with E-state index in [0.29, 0.717) is 12.6 Å². The lowest BCUT2D eigenvalue weighted by Gasteiger charge is -2.36. The summed E-state index contributed by atoms with van der Waals surface area (Å²) in [5.74, 6) is 0.782. The molecule has 2 aliphatic rings. The Bertz CT molecular complexity index is 580. The van der Waals surface area contributed by atoms with Crippen molar-refractivity contribution in [3.8, 4) is 0 Å². The molecular weight excluding hydrogens is 329 g/mol. The van der Waals surface area contributed by atoms with Gasteiger partial charge in [-0.2, -0.15) is 0 Å². The smallest absolute Gasteiger partial charge is 0.399 e. The first-order chi connectivity index (χ1) is 12.3. The van der Waals surface area contributed by atoms with E-state index < -0.39 is 7.12 Å². The van der Waals surface area contributed by atoms with Crippen LogP contribution in [0.25, 0.3) is 0 Å². The van der Waals surface area contributed by atoms with Crippen molar-refractivity contribution >= 4 is 18.5 Å². The molecule has 3 N–H and O–H groups in total. The number of nitrogens with zero attached hydrogens (tertiary/aromatic N) is 3.